The third kappa shape index (κ3) is 6.96. The number of aliphatic carboxylic acids is 1. The Kier molecular flexibility index (Phi) is 9.36. The number of pyridine rings is 2. The molecule has 3 N–H and O–H groups in total. The number of anilines is 2. The smallest absolute Gasteiger partial charge is 0.475 e. The number of carboxylic acid groups (broad SMARTS) is 2. The number of nitrogens with one attached hydrogen (secondary N) is 1. The van der Waals surface area contributed by atoms with E-state index in [0.717, 1.165) is 19.3 Å². The Labute approximate surface area is 305 Å². The SMILES string of the molecule is Cn1ccc2c([C@@H](c3cn(C45CC(C4)C5)nn3)N(C(=O)O)c3cc(Cl)c4ncc(C#N)c(NCC(C)(C)C)c4c3)cccc2c1=O.O=C(O)C(F)(F)F. The van der Waals surface area contributed by atoms with E-state index in [2.05, 4.69) is 47.5 Å². The van der Waals surface area contributed by atoms with Crippen LogP contribution < -0.4 is 15.8 Å². The summed E-state index contributed by atoms with van der Waals surface area (Å²) in [5.41, 5.74) is 2.15. The zero-order chi connectivity index (χ0) is 38.6. The first kappa shape index (κ1) is 37.1. The molecule has 2 bridgehead atoms. The number of nitriles is 1. The van der Waals surface area contributed by atoms with Crippen molar-refractivity contribution in [1.82, 2.24) is 24.5 Å². The number of carbonyl (C=O) groups is 2. The second-order valence-electron chi connectivity index (χ2n) is 14.6. The molecule has 3 aliphatic carbocycles. The Hall–Kier alpha value is -5.69. The molecule has 0 saturated heterocycles. The molecule has 2 aromatic carbocycles. The topological polar surface area (TPSA) is 179 Å². The van der Waals surface area contributed by atoms with E-state index in [0.29, 0.717) is 56.6 Å². The Morgan fingerprint density at radius 3 is 2.38 bits per heavy atom. The van der Waals surface area contributed by atoms with Crippen molar-refractivity contribution in [1.29, 1.82) is 5.26 Å². The summed E-state index contributed by atoms with van der Waals surface area (Å²) in [6, 6.07) is 11.6. The molecule has 17 heteroatoms. The molecule has 0 spiro atoms. The number of aromatic nitrogens is 5. The first-order valence-electron chi connectivity index (χ1n) is 16.4. The summed E-state index contributed by atoms with van der Waals surface area (Å²) in [7, 11) is 1.68. The number of rotatable bonds is 7. The number of nitrogens with zero attached hydrogens (tertiary/aromatic N) is 7. The van der Waals surface area contributed by atoms with Crippen LogP contribution in [0.5, 0.6) is 0 Å². The van der Waals surface area contributed by atoms with Crippen molar-refractivity contribution in [2.75, 3.05) is 16.8 Å². The van der Waals surface area contributed by atoms with Crippen molar-refractivity contribution in [3.8, 4) is 6.07 Å². The van der Waals surface area contributed by atoms with Gasteiger partial charge in [0, 0.05) is 36.8 Å². The Morgan fingerprint density at radius 1 is 1.13 bits per heavy atom. The van der Waals surface area contributed by atoms with Gasteiger partial charge in [-0.15, -0.1) is 5.10 Å². The van der Waals surface area contributed by atoms with Gasteiger partial charge in [0.25, 0.3) is 5.56 Å². The zero-order valence-electron chi connectivity index (χ0n) is 28.9. The molecule has 53 heavy (non-hydrogen) atoms. The lowest BCUT2D eigenvalue weighted by Gasteiger charge is -2.61. The van der Waals surface area contributed by atoms with Crippen molar-refractivity contribution in [3.63, 3.8) is 0 Å². The quantitative estimate of drug-likeness (QED) is 0.156. The molecular weight excluding hydrogens is 717 g/mol. The van der Waals surface area contributed by atoms with E-state index < -0.39 is 24.3 Å². The first-order valence-corrected chi connectivity index (χ1v) is 16.8. The monoisotopic (exact) mass is 750 g/mol. The summed E-state index contributed by atoms with van der Waals surface area (Å²) < 4.78 is 35.1. The van der Waals surface area contributed by atoms with Gasteiger partial charge < -0.3 is 20.1 Å². The highest BCUT2D eigenvalue weighted by atomic mass is 35.5. The number of amides is 1. The van der Waals surface area contributed by atoms with E-state index in [1.165, 1.54) is 15.7 Å². The van der Waals surface area contributed by atoms with Gasteiger partial charge in [-0.2, -0.15) is 18.4 Å². The van der Waals surface area contributed by atoms with Gasteiger partial charge in [-0.3, -0.25) is 14.7 Å². The highest BCUT2D eigenvalue weighted by molar-refractivity contribution is 6.36. The molecule has 0 aliphatic heterocycles. The van der Waals surface area contributed by atoms with Crippen LogP contribution in [0.15, 0.2) is 59.8 Å². The van der Waals surface area contributed by atoms with Crippen LogP contribution in [0.25, 0.3) is 21.7 Å². The number of hydrogen-bond acceptors (Lipinski definition) is 8. The molecule has 5 aromatic rings. The second-order valence-corrected chi connectivity index (χ2v) is 15.0. The van der Waals surface area contributed by atoms with Gasteiger partial charge in [-0.25, -0.2) is 14.3 Å². The number of halogens is 4. The first-order chi connectivity index (χ1) is 24.8. The molecule has 13 nitrogen and oxygen atoms in total. The van der Waals surface area contributed by atoms with Gasteiger partial charge in [-0.05, 0) is 65.8 Å². The number of fused-ring (bicyclic) bond motifs is 2. The minimum atomic E-state index is -5.08. The fourth-order valence-electron chi connectivity index (χ4n) is 6.80. The standard InChI is InChI=1S/C34H33ClN8O3.C2HF3O2/c1-33(2,3)18-38-28-20(15-36)16-37-29-25(28)10-21(11-26(29)35)43(32(45)46)30(27-17-42(40-39-27)34-12-19(13-34)14-34)23-6-5-7-24-22(23)8-9-41(4)31(24)44;3-2(4,5)1(6)7/h5-11,16-17,19,30H,12-14,18H2,1-4H3,(H,37,38)(H,45,46);(H,6,7)/t19?,30-,34?;/m0./s1. The summed E-state index contributed by atoms with van der Waals surface area (Å²) in [5.74, 6) is -2.05. The maximum atomic E-state index is 13.4. The van der Waals surface area contributed by atoms with Crippen LogP contribution in [0.1, 0.15) is 62.9 Å². The van der Waals surface area contributed by atoms with E-state index in [-0.39, 0.29) is 27.2 Å². The van der Waals surface area contributed by atoms with Gasteiger partial charge >= 0.3 is 18.2 Å². The van der Waals surface area contributed by atoms with Crippen LogP contribution in [0.3, 0.4) is 0 Å². The van der Waals surface area contributed by atoms with Crippen molar-refractivity contribution >= 4 is 56.7 Å². The van der Waals surface area contributed by atoms with Crippen LogP contribution in [-0.2, 0) is 17.4 Å². The van der Waals surface area contributed by atoms with Crippen LogP contribution in [0.2, 0.25) is 5.02 Å². The van der Waals surface area contributed by atoms with Gasteiger partial charge in [-0.1, -0.05) is 49.7 Å². The molecule has 276 valence electrons. The number of hydrogen-bond donors (Lipinski definition) is 3. The average Bonchev–Trinajstić information content (AvgIpc) is 3.50. The van der Waals surface area contributed by atoms with Gasteiger partial charge in [0.15, 0.2) is 0 Å². The minimum absolute atomic E-state index is 0.0670. The minimum Gasteiger partial charge on any atom is -0.475 e. The number of alkyl halides is 3. The van der Waals surface area contributed by atoms with Crippen LogP contribution in [0, 0.1) is 22.7 Å². The fourth-order valence-corrected chi connectivity index (χ4v) is 7.06. The summed E-state index contributed by atoms with van der Waals surface area (Å²) in [6.45, 7) is 6.76. The van der Waals surface area contributed by atoms with Crippen LogP contribution in [-0.4, -0.2) is 59.5 Å². The fraction of sp³-hybridized carbons (Fsp3) is 0.361. The Bertz CT molecular complexity index is 2360. The van der Waals surface area contributed by atoms with E-state index in [1.807, 2.05) is 23.0 Å². The molecule has 3 heterocycles. The lowest BCUT2D eigenvalue weighted by molar-refractivity contribution is -0.192. The van der Waals surface area contributed by atoms with Crippen molar-refractivity contribution in [2.45, 2.75) is 57.8 Å². The number of benzene rings is 2. The molecule has 3 aromatic heterocycles. The predicted molar refractivity (Wildman–Crippen MR) is 190 cm³/mol. The summed E-state index contributed by atoms with van der Waals surface area (Å²) in [4.78, 5) is 41.1. The molecule has 0 unspecified atom stereocenters. The normalized spacial score (nSPS) is 18.2. The van der Waals surface area contributed by atoms with Crippen LogP contribution in [0.4, 0.5) is 29.3 Å². The highest BCUT2D eigenvalue weighted by Crippen LogP contribution is 2.62. The van der Waals surface area contributed by atoms with E-state index >= 15 is 0 Å². The lowest BCUT2D eigenvalue weighted by Crippen LogP contribution is -2.59. The maximum absolute atomic E-state index is 13.4. The predicted octanol–water partition coefficient (Wildman–Crippen LogP) is 7.08. The Balaban J connectivity index is 0.000000626. The zero-order valence-corrected chi connectivity index (χ0v) is 29.7. The lowest BCUT2D eigenvalue weighted by atomic mass is 9.50. The molecule has 3 fully saturated rings. The molecular formula is C36H34ClF3N8O5. The summed E-state index contributed by atoms with van der Waals surface area (Å²) >= 11 is 6.83. The molecule has 3 aliphatic rings. The van der Waals surface area contributed by atoms with E-state index in [1.54, 1.807) is 37.5 Å². The third-order valence-electron chi connectivity index (χ3n) is 9.54. The van der Waals surface area contributed by atoms with Crippen molar-refractivity contribution < 1.29 is 33.0 Å². The molecule has 1 atom stereocenters. The van der Waals surface area contributed by atoms with Gasteiger partial charge in [0.1, 0.15) is 17.8 Å². The summed E-state index contributed by atoms with van der Waals surface area (Å²) in [6.07, 6.45) is 1.74. The average molecular weight is 751 g/mol. The van der Waals surface area contributed by atoms with E-state index in [9.17, 15) is 33.1 Å². The van der Waals surface area contributed by atoms with Gasteiger partial charge in [0.05, 0.1) is 39.2 Å². The molecule has 1 amide bonds. The maximum Gasteiger partial charge on any atom is 0.490 e. The summed E-state index contributed by atoms with van der Waals surface area (Å²) in [5, 5.41) is 42.3. The molecule has 8 rings (SSSR count). The highest BCUT2D eigenvalue weighted by Gasteiger charge is 2.59. The van der Waals surface area contributed by atoms with Gasteiger partial charge in [0.2, 0.25) is 0 Å². The largest absolute Gasteiger partial charge is 0.490 e. The third-order valence-corrected chi connectivity index (χ3v) is 9.83. The van der Waals surface area contributed by atoms with Crippen LogP contribution >= 0.6 is 11.6 Å². The second kappa shape index (κ2) is 13.4. The number of carboxylic acids is 1. The Morgan fingerprint density at radius 2 is 1.81 bits per heavy atom. The van der Waals surface area contributed by atoms with Crippen molar-refractivity contribution in [2.24, 2.45) is 18.4 Å². The van der Waals surface area contributed by atoms with Crippen molar-refractivity contribution in [3.05, 3.63) is 87.2 Å². The number of aryl methyl sites for hydroxylation is 1. The molecule has 0 radical (unpaired) electrons. The molecule has 3 saturated carbocycles. The van der Waals surface area contributed by atoms with E-state index in [4.69, 9.17) is 21.5 Å².